The van der Waals surface area contributed by atoms with Gasteiger partial charge in [0.2, 0.25) is 5.91 Å². The van der Waals surface area contributed by atoms with Crippen LogP contribution in [0.5, 0.6) is 0 Å². The van der Waals surface area contributed by atoms with E-state index in [2.05, 4.69) is 15.2 Å². The first-order valence-electron chi connectivity index (χ1n) is 6.93. The number of halogens is 2. The predicted molar refractivity (Wildman–Crippen MR) is 81.9 cm³/mol. The zero-order valence-electron chi connectivity index (χ0n) is 11.7. The van der Waals surface area contributed by atoms with Crippen molar-refractivity contribution in [2.75, 3.05) is 38.3 Å². The van der Waals surface area contributed by atoms with E-state index < -0.39 is 5.41 Å². The summed E-state index contributed by atoms with van der Waals surface area (Å²) in [5.74, 6) is 0.905. The molecule has 2 saturated heterocycles. The van der Waals surface area contributed by atoms with Crippen molar-refractivity contribution in [1.29, 1.82) is 0 Å². The molecule has 5 nitrogen and oxygen atoms in total. The molecule has 0 unspecified atom stereocenters. The molecule has 7 heteroatoms. The number of carbonyl (C=O) groups is 1. The van der Waals surface area contributed by atoms with Gasteiger partial charge in [-0.3, -0.25) is 4.79 Å². The summed E-state index contributed by atoms with van der Waals surface area (Å²) >= 11 is 12.1. The van der Waals surface area contributed by atoms with Crippen molar-refractivity contribution >= 4 is 34.9 Å². The van der Waals surface area contributed by atoms with E-state index in [1.807, 2.05) is 0 Å². The van der Waals surface area contributed by atoms with Crippen LogP contribution in [0.2, 0.25) is 10.0 Å². The second-order valence-corrected chi connectivity index (χ2v) is 6.44. The molecule has 1 aromatic heterocycles. The van der Waals surface area contributed by atoms with Crippen LogP contribution in [-0.4, -0.2) is 44.2 Å². The van der Waals surface area contributed by atoms with E-state index in [0.717, 1.165) is 6.42 Å². The molecule has 3 rings (SSSR count). The number of aromatic nitrogens is 1. The molecule has 0 aliphatic carbocycles. The van der Waals surface area contributed by atoms with Crippen molar-refractivity contribution in [2.24, 2.45) is 11.3 Å². The van der Waals surface area contributed by atoms with Crippen LogP contribution in [-0.2, 0) is 9.53 Å². The van der Waals surface area contributed by atoms with E-state index in [-0.39, 0.29) is 11.8 Å². The predicted octanol–water partition coefficient (Wildman–Crippen LogP) is 1.98. The zero-order chi connectivity index (χ0) is 15.0. The Labute approximate surface area is 133 Å². The van der Waals surface area contributed by atoms with Gasteiger partial charge in [0, 0.05) is 38.9 Å². The number of anilines is 1. The molecule has 2 aliphatic heterocycles. The quantitative estimate of drug-likeness (QED) is 0.901. The van der Waals surface area contributed by atoms with Gasteiger partial charge in [-0.2, -0.15) is 0 Å². The lowest BCUT2D eigenvalue weighted by Crippen LogP contribution is -2.49. The van der Waals surface area contributed by atoms with Crippen LogP contribution in [0.3, 0.4) is 0 Å². The molecule has 1 N–H and O–H groups in total. The highest BCUT2D eigenvalue weighted by Crippen LogP contribution is 2.44. The van der Waals surface area contributed by atoms with Crippen LogP contribution < -0.4 is 10.2 Å². The Morgan fingerprint density at radius 2 is 2.38 bits per heavy atom. The summed E-state index contributed by atoms with van der Waals surface area (Å²) in [6.45, 7) is 2.52. The van der Waals surface area contributed by atoms with Gasteiger partial charge in [-0.15, -0.1) is 0 Å². The number of hydrogen-bond donors (Lipinski definition) is 1. The number of ether oxygens (including phenoxy) is 1. The molecular weight excluding hydrogens is 313 g/mol. The van der Waals surface area contributed by atoms with Crippen molar-refractivity contribution in [2.45, 2.75) is 6.42 Å². The normalized spacial score (nSPS) is 28.3. The van der Waals surface area contributed by atoms with Gasteiger partial charge >= 0.3 is 0 Å². The first-order valence-corrected chi connectivity index (χ1v) is 7.68. The molecule has 2 fully saturated rings. The van der Waals surface area contributed by atoms with Crippen LogP contribution in [0.25, 0.3) is 0 Å². The van der Waals surface area contributed by atoms with Crippen molar-refractivity contribution < 1.29 is 9.53 Å². The molecule has 2 aliphatic rings. The molecule has 0 spiro atoms. The fraction of sp³-hybridized carbons (Fsp3) is 0.571. The number of nitrogens with one attached hydrogen (secondary N) is 1. The Morgan fingerprint density at radius 3 is 3.10 bits per heavy atom. The molecule has 3 heterocycles. The third-order valence-corrected chi connectivity index (χ3v) is 4.96. The minimum absolute atomic E-state index is 0.0726. The summed E-state index contributed by atoms with van der Waals surface area (Å²) in [5, 5.41) is 3.81. The Kier molecular flexibility index (Phi) is 3.99. The zero-order valence-corrected chi connectivity index (χ0v) is 13.2. The highest BCUT2D eigenvalue weighted by atomic mass is 35.5. The fourth-order valence-corrected chi connectivity index (χ4v) is 3.87. The van der Waals surface area contributed by atoms with Crippen LogP contribution in [0.1, 0.15) is 6.42 Å². The summed E-state index contributed by atoms with van der Waals surface area (Å²) in [5.41, 5.74) is -0.419. The Balaban J connectivity index is 1.92. The monoisotopic (exact) mass is 329 g/mol. The van der Waals surface area contributed by atoms with E-state index in [0.29, 0.717) is 42.2 Å². The number of nitrogens with zero attached hydrogens (tertiary/aromatic N) is 2. The summed E-state index contributed by atoms with van der Waals surface area (Å²) < 4.78 is 5.56. The first kappa shape index (κ1) is 14.9. The van der Waals surface area contributed by atoms with E-state index in [1.165, 1.54) is 0 Å². The maximum Gasteiger partial charge on any atom is 0.228 e. The molecule has 114 valence electrons. The van der Waals surface area contributed by atoms with Crippen molar-refractivity contribution in [3.05, 3.63) is 22.3 Å². The van der Waals surface area contributed by atoms with E-state index >= 15 is 0 Å². The lowest BCUT2D eigenvalue weighted by molar-refractivity contribution is -0.138. The van der Waals surface area contributed by atoms with Crippen molar-refractivity contribution in [3.8, 4) is 0 Å². The van der Waals surface area contributed by atoms with Crippen LogP contribution in [0, 0.1) is 11.3 Å². The molecular formula is C14H17Cl2N3O2. The summed E-state index contributed by atoms with van der Waals surface area (Å²) in [4.78, 5) is 18.8. The highest BCUT2D eigenvalue weighted by Gasteiger charge is 2.53. The van der Waals surface area contributed by atoms with E-state index in [4.69, 9.17) is 27.9 Å². The average molecular weight is 330 g/mol. The number of rotatable bonds is 2. The van der Waals surface area contributed by atoms with Gasteiger partial charge in [0.05, 0.1) is 22.1 Å². The van der Waals surface area contributed by atoms with Gasteiger partial charge in [-0.1, -0.05) is 23.2 Å². The van der Waals surface area contributed by atoms with Crippen molar-refractivity contribution in [1.82, 2.24) is 10.3 Å². The topological polar surface area (TPSA) is 54.5 Å². The largest absolute Gasteiger partial charge is 0.381 e. The van der Waals surface area contributed by atoms with Gasteiger partial charge in [-0.05, 0) is 12.5 Å². The van der Waals surface area contributed by atoms with E-state index in [1.54, 1.807) is 19.3 Å². The molecule has 21 heavy (non-hydrogen) atoms. The number of hydrogen-bond acceptors (Lipinski definition) is 4. The van der Waals surface area contributed by atoms with Gasteiger partial charge in [0.25, 0.3) is 0 Å². The minimum atomic E-state index is -0.419. The second-order valence-electron chi connectivity index (χ2n) is 5.60. The van der Waals surface area contributed by atoms with Crippen molar-refractivity contribution in [3.63, 3.8) is 0 Å². The van der Waals surface area contributed by atoms with E-state index in [9.17, 15) is 4.79 Å². The van der Waals surface area contributed by atoms with Gasteiger partial charge in [0.1, 0.15) is 5.82 Å². The third kappa shape index (κ3) is 2.47. The second kappa shape index (κ2) is 5.63. The van der Waals surface area contributed by atoms with Crippen LogP contribution >= 0.6 is 23.2 Å². The standard InChI is InChI=1S/C14H17Cl2N3O2/c1-17-13(20)14-2-3-21-7-9(14)6-19(8-14)12-11(16)4-10(15)5-18-12/h4-5,9H,2-3,6-8H2,1H3,(H,17,20)/t9-,14+/m1/s1. The summed E-state index contributed by atoms with van der Waals surface area (Å²) in [7, 11) is 1.68. The third-order valence-electron chi connectivity index (χ3n) is 4.47. The average Bonchev–Trinajstić information content (AvgIpc) is 2.86. The lowest BCUT2D eigenvalue weighted by Gasteiger charge is -2.36. The number of fused-ring (bicyclic) bond motifs is 1. The van der Waals surface area contributed by atoms with Crippen LogP contribution in [0.4, 0.5) is 5.82 Å². The number of pyridine rings is 1. The summed E-state index contributed by atoms with van der Waals surface area (Å²) in [6.07, 6.45) is 2.30. The molecule has 1 amide bonds. The van der Waals surface area contributed by atoms with Gasteiger partial charge in [0.15, 0.2) is 0 Å². The maximum atomic E-state index is 12.4. The molecule has 0 bridgehead atoms. The van der Waals surface area contributed by atoms with Gasteiger partial charge in [-0.25, -0.2) is 4.98 Å². The molecule has 2 atom stereocenters. The Bertz CT molecular complexity index is 569. The SMILES string of the molecule is CNC(=O)[C@]12CCOC[C@H]1CN(c1ncc(Cl)cc1Cl)C2. The van der Waals surface area contributed by atoms with Crippen LogP contribution in [0.15, 0.2) is 12.3 Å². The molecule has 1 aromatic rings. The number of amides is 1. The molecule has 0 aromatic carbocycles. The fourth-order valence-electron chi connectivity index (χ4n) is 3.37. The maximum absolute atomic E-state index is 12.4. The van der Waals surface area contributed by atoms with Gasteiger partial charge < -0.3 is 15.0 Å². The lowest BCUT2D eigenvalue weighted by atomic mass is 9.73. The molecule has 0 radical (unpaired) electrons. The highest BCUT2D eigenvalue weighted by molar-refractivity contribution is 6.36. The number of carbonyl (C=O) groups excluding carboxylic acids is 1. The first-order chi connectivity index (χ1) is 10.1. The summed E-state index contributed by atoms with van der Waals surface area (Å²) in [6, 6.07) is 1.68. The smallest absolute Gasteiger partial charge is 0.228 e. The Morgan fingerprint density at radius 1 is 1.57 bits per heavy atom. The minimum Gasteiger partial charge on any atom is -0.381 e. The Hall–Kier alpha value is -1.04. The molecule has 0 saturated carbocycles.